The van der Waals surface area contributed by atoms with Gasteiger partial charge in [0.05, 0.1) is 24.6 Å². The fourth-order valence-corrected chi connectivity index (χ4v) is 6.42. The van der Waals surface area contributed by atoms with Crippen LogP contribution in [-0.4, -0.2) is 30.6 Å². The molecule has 0 bridgehead atoms. The van der Waals surface area contributed by atoms with E-state index in [1.54, 1.807) is 42.8 Å². The van der Waals surface area contributed by atoms with Crippen LogP contribution >= 0.6 is 23.1 Å². The summed E-state index contributed by atoms with van der Waals surface area (Å²) in [6, 6.07) is 12.8. The summed E-state index contributed by atoms with van der Waals surface area (Å²) in [6.45, 7) is 0. The summed E-state index contributed by atoms with van der Waals surface area (Å²) in [6.07, 6.45) is 2.31. The Kier molecular flexibility index (Phi) is 5.66. The number of sulfone groups is 1. The van der Waals surface area contributed by atoms with Crippen LogP contribution in [0.25, 0.3) is 0 Å². The Balaban J connectivity index is 2.05. The lowest BCUT2D eigenvalue weighted by molar-refractivity contribution is 0.215. The van der Waals surface area contributed by atoms with Crippen molar-refractivity contribution in [3.63, 3.8) is 0 Å². The summed E-state index contributed by atoms with van der Waals surface area (Å²) in [5, 5.41) is 18.1. The number of nitrogens with one attached hydrogen (secondary N) is 1. The second-order valence-corrected chi connectivity index (χ2v) is 9.66. The van der Waals surface area contributed by atoms with Gasteiger partial charge in [0, 0.05) is 6.20 Å². The molecule has 9 heteroatoms. The van der Waals surface area contributed by atoms with E-state index in [0.717, 1.165) is 0 Å². The number of benzene rings is 1. The summed E-state index contributed by atoms with van der Waals surface area (Å²) >= 11 is 2.46. The van der Waals surface area contributed by atoms with Crippen molar-refractivity contribution in [2.45, 2.75) is 20.1 Å². The molecule has 0 spiro atoms. The molecule has 1 unspecified atom stereocenters. The number of nitrogens with zero attached hydrogens (tertiary/aromatic N) is 1. The van der Waals surface area contributed by atoms with E-state index in [4.69, 9.17) is 11.1 Å². The van der Waals surface area contributed by atoms with Gasteiger partial charge in [0.1, 0.15) is 11.9 Å². The van der Waals surface area contributed by atoms with E-state index in [1.165, 1.54) is 41.3 Å². The second-order valence-electron chi connectivity index (χ2n) is 5.61. The molecular formula is C18H17N3O3S3. The largest absolute Gasteiger partial charge is 0.383 e. The zero-order valence-electron chi connectivity index (χ0n) is 14.3. The summed E-state index contributed by atoms with van der Waals surface area (Å²) < 4.78 is 26.9. The molecule has 0 saturated carbocycles. The van der Waals surface area contributed by atoms with Crippen LogP contribution in [0.1, 0.15) is 22.2 Å². The first kappa shape index (κ1) is 19.6. The van der Waals surface area contributed by atoms with Crippen molar-refractivity contribution in [3.05, 3.63) is 70.9 Å². The summed E-state index contributed by atoms with van der Waals surface area (Å²) in [4.78, 5) is 4.71. The molecule has 2 heterocycles. The third kappa shape index (κ3) is 3.91. The van der Waals surface area contributed by atoms with Gasteiger partial charge < -0.3 is 10.8 Å². The first-order chi connectivity index (χ1) is 12.8. The Morgan fingerprint density at radius 1 is 1.26 bits per heavy atom. The number of thioether (sulfide) groups is 1. The number of hydrogen-bond donors (Lipinski definition) is 3. The van der Waals surface area contributed by atoms with Crippen molar-refractivity contribution in [1.29, 1.82) is 5.41 Å². The number of thiophene rings is 1. The van der Waals surface area contributed by atoms with Crippen LogP contribution in [0.2, 0.25) is 0 Å². The molecule has 0 aliphatic carbocycles. The lowest BCUT2D eigenvalue weighted by Crippen LogP contribution is -2.09. The molecular weight excluding hydrogens is 402 g/mol. The van der Waals surface area contributed by atoms with Crippen LogP contribution in [0.3, 0.4) is 0 Å². The van der Waals surface area contributed by atoms with Gasteiger partial charge in [0.15, 0.2) is 0 Å². The maximum Gasteiger partial charge on any atom is 0.208 e. The number of rotatable bonds is 6. The fourth-order valence-electron chi connectivity index (χ4n) is 2.51. The van der Waals surface area contributed by atoms with Crippen molar-refractivity contribution in [2.75, 3.05) is 6.26 Å². The molecule has 0 saturated heterocycles. The van der Waals surface area contributed by atoms with Crippen LogP contribution in [0.5, 0.6) is 0 Å². The van der Waals surface area contributed by atoms with Crippen molar-refractivity contribution < 1.29 is 13.5 Å². The van der Waals surface area contributed by atoms with Gasteiger partial charge in [-0.25, -0.2) is 8.42 Å². The highest BCUT2D eigenvalue weighted by Crippen LogP contribution is 2.37. The van der Waals surface area contributed by atoms with Crippen LogP contribution in [0.4, 0.5) is 0 Å². The molecule has 2 aromatic heterocycles. The molecule has 0 fully saturated rings. The molecule has 1 atom stereocenters. The summed E-state index contributed by atoms with van der Waals surface area (Å²) in [5.41, 5.74) is 6.38. The molecule has 140 valence electrons. The molecule has 3 aromatic rings. The Hall–Kier alpha value is -2.20. The Morgan fingerprint density at radius 2 is 2.04 bits per heavy atom. The summed E-state index contributed by atoms with van der Waals surface area (Å²) in [5.74, 6) is -0.170. The van der Waals surface area contributed by atoms with Gasteiger partial charge in [-0.1, -0.05) is 18.2 Å². The van der Waals surface area contributed by atoms with Gasteiger partial charge in [-0.3, -0.25) is 10.4 Å². The molecule has 4 N–H and O–H groups in total. The third-order valence-electron chi connectivity index (χ3n) is 3.86. The zero-order chi connectivity index (χ0) is 19.6. The van der Waals surface area contributed by atoms with Crippen molar-refractivity contribution in [3.8, 4) is 0 Å². The minimum atomic E-state index is -3.83. The van der Waals surface area contributed by atoms with E-state index in [0.29, 0.717) is 20.3 Å². The van der Waals surface area contributed by atoms with Gasteiger partial charge in [0.25, 0.3) is 0 Å². The lowest BCUT2D eigenvalue weighted by atomic mass is 10.1. The average Bonchev–Trinajstić information content (AvgIpc) is 3.14. The van der Waals surface area contributed by atoms with Crippen LogP contribution in [-0.2, 0) is 9.84 Å². The van der Waals surface area contributed by atoms with E-state index in [1.807, 2.05) is 0 Å². The van der Waals surface area contributed by atoms with Crippen molar-refractivity contribution >= 4 is 38.8 Å². The first-order valence-electron chi connectivity index (χ1n) is 7.81. The Bertz CT molecular complexity index is 1080. The van der Waals surface area contributed by atoms with E-state index in [-0.39, 0.29) is 15.6 Å². The molecule has 6 nitrogen and oxygen atoms in total. The average molecular weight is 420 g/mol. The highest BCUT2D eigenvalue weighted by molar-refractivity contribution is 8.01. The Morgan fingerprint density at radius 3 is 2.67 bits per heavy atom. The van der Waals surface area contributed by atoms with Gasteiger partial charge >= 0.3 is 0 Å². The monoisotopic (exact) mass is 419 g/mol. The third-order valence-corrected chi connectivity index (χ3v) is 8.20. The normalized spacial score (nSPS) is 12.7. The SMILES string of the molecule is CSc1sc(C(=N)N)cc1S(=O)(=O)c1cccc(C(O)c2ccccn2)c1. The second kappa shape index (κ2) is 7.81. The highest BCUT2D eigenvalue weighted by Gasteiger charge is 2.26. The van der Waals surface area contributed by atoms with E-state index >= 15 is 0 Å². The van der Waals surface area contributed by atoms with E-state index in [9.17, 15) is 13.5 Å². The quantitative estimate of drug-likeness (QED) is 0.321. The molecule has 0 radical (unpaired) electrons. The maximum atomic E-state index is 13.1. The number of hydrogen-bond acceptors (Lipinski definition) is 7. The van der Waals surface area contributed by atoms with Crippen molar-refractivity contribution in [2.24, 2.45) is 5.73 Å². The number of aliphatic hydroxyl groups is 1. The number of amidine groups is 1. The maximum absolute atomic E-state index is 13.1. The predicted molar refractivity (Wildman–Crippen MR) is 107 cm³/mol. The highest BCUT2D eigenvalue weighted by atomic mass is 32.2. The lowest BCUT2D eigenvalue weighted by Gasteiger charge is -2.12. The minimum Gasteiger partial charge on any atom is -0.383 e. The number of aromatic nitrogens is 1. The van der Waals surface area contributed by atoms with Gasteiger partial charge in [-0.15, -0.1) is 23.1 Å². The number of nitrogens with two attached hydrogens (primary N) is 1. The van der Waals surface area contributed by atoms with Gasteiger partial charge in [-0.2, -0.15) is 0 Å². The minimum absolute atomic E-state index is 0.0678. The zero-order valence-corrected chi connectivity index (χ0v) is 16.7. The van der Waals surface area contributed by atoms with E-state index in [2.05, 4.69) is 4.98 Å². The fraction of sp³-hybridized carbons (Fsp3) is 0.111. The molecule has 27 heavy (non-hydrogen) atoms. The van der Waals surface area contributed by atoms with Crippen LogP contribution in [0.15, 0.2) is 68.7 Å². The molecule has 1 aromatic carbocycles. The van der Waals surface area contributed by atoms with E-state index < -0.39 is 15.9 Å². The van der Waals surface area contributed by atoms with Crippen molar-refractivity contribution in [1.82, 2.24) is 4.98 Å². The number of pyridine rings is 1. The smallest absolute Gasteiger partial charge is 0.208 e. The van der Waals surface area contributed by atoms with Gasteiger partial charge in [0.2, 0.25) is 9.84 Å². The molecule has 0 aliphatic rings. The molecule has 3 rings (SSSR count). The summed E-state index contributed by atoms with van der Waals surface area (Å²) in [7, 11) is -3.83. The number of nitrogen functional groups attached to an aromatic ring is 1. The Labute approximate surface area is 165 Å². The number of aliphatic hydroxyl groups excluding tert-OH is 1. The standard InChI is InChI=1S/C18H17N3O3S3/c1-25-18-15(10-14(26-18)17(19)20)27(23,24)12-6-4-5-11(9-12)16(22)13-7-2-3-8-21-13/h2-10,16,22H,1H3,(H3,19,20). The predicted octanol–water partition coefficient (Wildman–Crippen LogP) is 3.06. The van der Waals surface area contributed by atoms with Crippen LogP contribution in [0, 0.1) is 5.41 Å². The molecule has 0 amide bonds. The van der Waals surface area contributed by atoms with Gasteiger partial charge in [-0.05, 0) is 42.2 Å². The first-order valence-corrected chi connectivity index (χ1v) is 11.3. The van der Waals surface area contributed by atoms with Crippen LogP contribution < -0.4 is 5.73 Å². The molecule has 0 aliphatic heterocycles. The topological polar surface area (TPSA) is 117 Å².